The molecule has 5 nitrogen and oxygen atoms in total. The van der Waals surface area contributed by atoms with Crippen molar-refractivity contribution in [2.45, 2.75) is 36.6 Å². The van der Waals surface area contributed by atoms with Crippen LogP contribution in [0.3, 0.4) is 0 Å². The van der Waals surface area contributed by atoms with Crippen LogP contribution in [0.1, 0.15) is 36.0 Å². The van der Waals surface area contributed by atoms with Gasteiger partial charge in [0.15, 0.2) is 0 Å². The number of nitrogens with zero attached hydrogens (tertiary/aromatic N) is 1. The molecule has 1 saturated carbocycles. The Morgan fingerprint density at radius 1 is 1.00 bits per heavy atom. The van der Waals surface area contributed by atoms with Crippen LogP contribution in [0.5, 0.6) is 0 Å². The maximum absolute atomic E-state index is 12.7. The molecule has 1 aliphatic rings. The number of benzene rings is 2. The van der Waals surface area contributed by atoms with Gasteiger partial charge in [0.1, 0.15) is 0 Å². The standard InChI is InChI=1S/C19H22N2O3S/c1-21(17-9-3-2-4-10-17)25(23,24)18-13-11-15(12-14-18)19(22)20-16-7-5-6-8-16/h2-4,9-14,16H,5-8H2,1H3,(H,20,22). The van der Waals surface area contributed by atoms with Crippen molar-refractivity contribution in [3.05, 3.63) is 60.2 Å². The molecule has 0 heterocycles. The van der Waals surface area contributed by atoms with Crippen molar-refractivity contribution in [3.8, 4) is 0 Å². The van der Waals surface area contributed by atoms with Crippen LogP contribution in [0.2, 0.25) is 0 Å². The number of rotatable bonds is 5. The van der Waals surface area contributed by atoms with Gasteiger partial charge in [0.2, 0.25) is 0 Å². The summed E-state index contributed by atoms with van der Waals surface area (Å²) in [5.74, 6) is -0.146. The van der Waals surface area contributed by atoms with Gasteiger partial charge in [-0.05, 0) is 49.2 Å². The minimum atomic E-state index is -3.66. The molecule has 0 atom stereocenters. The molecule has 25 heavy (non-hydrogen) atoms. The molecule has 1 N–H and O–H groups in total. The number of para-hydroxylation sites is 1. The summed E-state index contributed by atoms with van der Waals surface area (Å²) < 4.78 is 26.7. The van der Waals surface area contributed by atoms with Crippen LogP contribution in [0.25, 0.3) is 0 Å². The first-order valence-electron chi connectivity index (χ1n) is 8.43. The quantitative estimate of drug-likeness (QED) is 0.893. The van der Waals surface area contributed by atoms with E-state index < -0.39 is 10.0 Å². The SMILES string of the molecule is CN(c1ccccc1)S(=O)(=O)c1ccc(C(=O)NC2CCCC2)cc1. The average molecular weight is 358 g/mol. The van der Waals surface area contributed by atoms with Gasteiger partial charge in [-0.25, -0.2) is 8.42 Å². The van der Waals surface area contributed by atoms with Crippen molar-refractivity contribution >= 4 is 21.6 Å². The van der Waals surface area contributed by atoms with Crippen LogP contribution in [-0.2, 0) is 10.0 Å². The molecule has 0 unspecified atom stereocenters. The number of hydrogen-bond donors (Lipinski definition) is 1. The first kappa shape index (κ1) is 17.5. The second-order valence-corrected chi connectivity index (χ2v) is 8.26. The first-order chi connectivity index (χ1) is 12.0. The van der Waals surface area contributed by atoms with Crippen LogP contribution >= 0.6 is 0 Å². The minimum absolute atomic E-state index is 0.146. The van der Waals surface area contributed by atoms with Crippen molar-refractivity contribution < 1.29 is 13.2 Å². The molecule has 0 aliphatic heterocycles. The molecule has 2 aromatic rings. The molecule has 0 radical (unpaired) electrons. The zero-order valence-electron chi connectivity index (χ0n) is 14.2. The van der Waals surface area contributed by atoms with Gasteiger partial charge in [-0.15, -0.1) is 0 Å². The van der Waals surface area contributed by atoms with Crippen molar-refractivity contribution in [1.29, 1.82) is 0 Å². The lowest BCUT2D eigenvalue weighted by Crippen LogP contribution is -2.32. The fraction of sp³-hybridized carbons (Fsp3) is 0.316. The lowest BCUT2D eigenvalue weighted by Gasteiger charge is -2.19. The number of carbonyl (C=O) groups excluding carboxylic acids is 1. The maximum Gasteiger partial charge on any atom is 0.264 e. The third-order valence-electron chi connectivity index (χ3n) is 4.59. The number of amides is 1. The molecule has 132 valence electrons. The number of hydrogen-bond acceptors (Lipinski definition) is 3. The Balaban J connectivity index is 1.75. The monoisotopic (exact) mass is 358 g/mol. The smallest absolute Gasteiger partial charge is 0.264 e. The van der Waals surface area contributed by atoms with E-state index in [2.05, 4.69) is 5.32 Å². The first-order valence-corrected chi connectivity index (χ1v) is 9.87. The highest BCUT2D eigenvalue weighted by molar-refractivity contribution is 7.92. The zero-order valence-corrected chi connectivity index (χ0v) is 15.0. The molecule has 2 aromatic carbocycles. The Labute approximate surface area is 148 Å². The summed E-state index contributed by atoms with van der Waals surface area (Å²) in [7, 11) is -2.14. The van der Waals surface area contributed by atoms with Crippen LogP contribution in [0.4, 0.5) is 5.69 Å². The molecule has 1 amide bonds. The highest BCUT2D eigenvalue weighted by Crippen LogP contribution is 2.22. The molecule has 0 spiro atoms. The van der Waals surface area contributed by atoms with Crippen molar-refractivity contribution in [1.82, 2.24) is 5.32 Å². The molecular formula is C19H22N2O3S. The van der Waals surface area contributed by atoms with E-state index in [-0.39, 0.29) is 16.8 Å². The third-order valence-corrected chi connectivity index (χ3v) is 6.38. The largest absolute Gasteiger partial charge is 0.349 e. The van der Waals surface area contributed by atoms with E-state index in [1.54, 1.807) is 36.4 Å². The van der Waals surface area contributed by atoms with Gasteiger partial charge in [-0.3, -0.25) is 9.10 Å². The van der Waals surface area contributed by atoms with Gasteiger partial charge in [0.25, 0.3) is 15.9 Å². The molecule has 0 bridgehead atoms. The summed E-state index contributed by atoms with van der Waals surface area (Å²) in [6, 6.07) is 15.2. The number of anilines is 1. The van der Waals surface area contributed by atoms with E-state index in [9.17, 15) is 13.2 Å². The van der Waals surface area contributed by atoms with E-state index in [4.69, 9.17) is 0 Å². The van der Waals surface area contributed by atoms with Crippen LogP contribution in [0.15, 0.2) is 59.5 Å². The highest BCUT2D eigenvalue weighted by Gasteiger charge is 2.22. The third kappa shape index (κ3) is 3.85. The number of carbonyl (C=O) groups is 1. The molecule has 1 fully saturated rings. The van der Waals surface area contributed by atoms with Crippen molar-refractivity contribution in [3.63, 3.8) is 0 Å². The lowest BCUT2D eigenvalue weighted by atomic mass is 10.2. The predicted octanol–water partition coefficient (Wildman–Crippen LogP) is 3.18. The van der Waals surface area contributed by atoms with Gasteiger partial charge in [-0.1, -0.05) is 31.0 Å². The fourth-order valence-corrected chi connectivity index (χ4v) is 4.25. The van der Waals surface area contributed by atoms with E-state index in [1.165, 1.54) is 23.5 Å². The highest BCUT2D eigenvalue weighted by atomic mass is 32.2. The summed E-state index contributed by atoms with van der Waals surface area (Å²) in [4.78, 5) is 12.4. The predicted molar refractivity (Wildman–Crippen MR) is 98.2 cm³/mol. The molecule has 1 aliphatic carbocycles. The van der Waals surface area contributed by atoms with Gasteiger partial charge >= 0.3 is 0 Å². The molecular weight excluding hydrogens is 336 g/mol. The summed E-state index contributed by atoms with van der Waals surface area (Å²) >= 11 is 0. The van der Waals surface area contributed by atoms with E-state index in [0.717, 1.165) is 25.7 Å². The molecule has 0 saturated heterocycles. The Kier molecular flexibility index (Phi) is 5.08. The van der Waals surface area contributed by atoms with Crippen LogP contribution < -0.4 is 9.62 Å². The summed E-state index contributed by atoms with van der Waals surface area (Å²) in [6.45, 7) is 0. The Morgan fingerprint density at radius 2 is 1.60 bits per heavy atom. The van der Waals surface area contributed by atoms with Crippen molar-refractivity contribution in [2.75, 3.05) is 11.4 Å². The topological polar surface area (TPSA) is 66.5 Å². The molecule has 0 aromatic heterocycles. The summed E-state index contributed by atoms with van der Waals surface area (Å²) in [6.07, 6.45) is 4.32. The summed E-state index contributed by atoms with van der Waals surface area (Å²) in [5, 5.41) is 3.00. The Morgan fingerprint density at radius 3 is 2.20 bits per heavy atom. The number of nitrogens with one attached hydrogen (secondary N) is 1. The van der Waals surface area contributed by atoms with E-state index >= 15 is 0 Å². The molecule has 6 heteroatoms. The van der Waals surface area contributed by atoms with Gasteiger partial charge in [-0.2, -0.15) is 0 Å². The van der Waals surface area contributed by atoms with Gasteiger partial charge in [0, 0.05) is 18.7 Å². The van der Waals surface area contributed by atoms with Crippen LogP contribution in [0, 0.1) is 0 Å². The Hall–Kier alpha value is -2.34. The number of sulfonamides is 1. The Bertz CT molecular complexity index is 827. The average Bonchev–Trinajstić information content (AvgIpc) is 3.15. The summed E-state index contributed by atoms with van der Waals surface area (Å²) in [5.41, 5.74) is 1.07. The van der Waals surface area contributed by atoms with E-state index in [0.29, 0.717) is 11.3 Å². The minimum Gasteiger partial charge on any atom is -0.349 e. The normalized spacial score (nSPS) is 15.1. The zero-order chi connectivity index (χ0) is 17.9. The van der Waals surface area contributed by atoms with Crippen molar-refractivity contribution in [2.24, 2.45) is 0 Å². The van der Waals surface area contributed by atoms with E-state index in [1.807, 2.05) is 6.07 Å². The van der Waals surface area contributed by atoms with Crippen LogP contribution in [-0.4, -0.2) is 27.4 Å². The lowest BCUT2D eigenvalue weighted by molar-refractivity contribution is 0.0938. The second kappa shape index (κ2) is 7.27. The molecule has 3 rings (SSSR count). The van der Waals surface area contributed by atoms with Gasteiger partial charge in [0.05, 0.1) is 10.6 Å². The van der Waals surface area contributed by atoms with Gasteiger partial charge < -0.3 is 5.32 Å². The second-order valence-electron chi connectivity index (χ2n) is 6.29. The fourth-order valence-electron chi connectivity index (χ4n) is 3.05. The maximum atomic E-state index is 12.7.